The second kappa shape index (κ2) is 8.28. The van der Waals surface area contributed by atoms with Crippen LogP contribution in [0, 0.1) is 0 Å². The Labute approximate surface area is 124 Å². The summed E-state index contributed by atoms with van der Waals surface area (Å²) in [6, 6.07) is -0.340. The third-order valence-electron chi connectivity index (χ3n) is 2.98. The number of aromatic nitrogens is 1. The Hall–Kier alpha value is -2.05. The van der Waals surface area contributed by atoms with Crippen LogP contribution in [-0.4, -0.2) is 37.4 Å². The van der Waals surface area contributed by atoms with Crippen LogP contribution in [0.25, 0.3) is 0 Å². The van der Waals surface area contributed by atoms with Crippen LogP contribution < -0.4 is 10.2 Å². The van der Waals surface area contributed by atoms with Gasteiger partial charge in [-0.2, -0.15) is 0 Å². The van der Waals surface area contributed by atoms with Crippen molar-refractivity contribution in [2.45, 2.75) is 40.0 Å². The molecule has 21 heavy (non-hydrogen) atoms. The second-order valence-corrected chi connectivity index (χ2v) is 4.53. The van der Waals surface area contributed by atoms with Crippen LogP contribution in [0.1, 0.15) is 49.7 Å². The van der Waals surface area contributed by atoms with Crippen LogP contribution in [0.2, 0.25) is 0 Å². The van der Waals surface area contributed by atoms with Gasteiger partial charge >= 0.3 is 12.0 Å². The van der Waals surface area contributed by atoms with E-state index in [-0.39, 0.29) is 24.1 Å². The zero-order chi connectivity index (χ0) is 15.8. The van der Waals surface area contributed by atoms with Crippen LogP contribution in [0.15, 0.2) is 4.52 Å². The van der Waals surface area contributed by atoms with Crippen LogP contribution in [0.5, 0.6) is 0 Å². The lowest BCUT2D eigenvalue weighted by Crippen LogP contribution is -2.38. The molecule has 0 radical (unpaired) electrons. The van der Waals surface area contributed by atoms with Crippen molar-refractivity contribution in [2.24, 2.45) is 0 Å². The maximum absolute atomic E-state index is 12.0. The number of hydrogen-bond donors (Lipinski definition) is 1. The van der Waals surface area contributed by atoms with E-state index in [1.165, 1.54) is 11.9 Å². The molecule has 0 aromatic carbocycles. The molecule has 0 bridgehead atoms. The molecule has 0 spiro atoms. The lowest BCUT2D eigenvalue weighted by Gasteiger charge is -2.15. The molecule has 0 saturated carbocycles. The number of aryl methyl sites for hydroxylation is 1. The number of nitrogens with one attached hydrogen (secondary N) is 1. The van der Waals surface area contributed by atoms with Crippen molar-refractivity contribution in [2.75, 3.05) is 25.1 Å². The molecule has 1 aromatic heterocycles. The lowest BCUT2D eigenvalue weighted by molar-refractivity contribution is 0.0525. The third-order valence-corrected chi connectivity index (χ3v) is 2.98. The summed E-state index contributed by atoms with van der Waals surface area (Å²) in [5, 5.41) is 6.59. The fourth-order valence-corrected chi connectivity index (χ4v) is 1.77. The number of carbonyl (C=O) groups is 2. The van der Waals surface area contributed by atoms with Crippen molar-refractivity contribution in [3.05, 3.63) is 11.3 Å². The van der Waals surface area contributed by atoms with E-state index in [1.807, 2.05) is 13.8 Å². The number of esters is 1. The Morgan fingerprint density at radius 2 is 2.05 bits per heavy atom. The largest absolute Gasteiger partial charge is 0.462 e. The Morgan fingerprint density at radius 1 is 1.33 bits per heavy atom. The monoisotopic (exact) mass is 297 g/mol. The second-order valence-electron chi connectivity index (χ2n) is 4.53. The van der Waals surface area contributed by atoms with Gasteiger partial charge < -0.3 is 14.6 Å². The van der Waals surface area contributed by atoms with Crippen molar-refractivity contribution >= 4 is 17.9 Å². The van der Waals surface area contributed by atoms with Crippen LogP contribution in [0.3, 0.4) is 0 Å². The SMILES string of the molecule is CCCCNC(=O)N(C)c1onc(CC)c1C(=O)OCC. The van der Waals surface area contributed by atoms with Gasteiger partial charge in [-0.05, 0) is 19.8 Å². The summed E-state index contributed by atoms with van der Waals surface area (Å²) in [6.07, 6.45) is 2.39. The maximum Gasteiger partial charge on any atom is 0.345 e. The number of carbonyl (C=O) groups excluding carboxylic acids is 2. The van der Waals surface area contributed by atoms with E-state index in [1.54, 1.807) is 6.92 Å². The molecule has 1 N–H and O–H groups in total. The van der Waals surface area contributed by atoms with E-state index in [0.29, 0.717) is 18.7 Å². The van der Waals surface area contributed by atoms with Gasteiger partial charge in [0.2, 0.25) is 5.88 Å². The Bertz CT molecular complexity index is 485. The summed E-state index contributed by atoms with van der Waals surface area (Å²) in [5.74, 6) is -0.418. The minimum atomic E-state index is -0.529. The Balaban J connectivity index is 2.93. The van der Waals surface area contributed by atoms with E-state index in [4.69, 9.17) is 9.26 Å². The summed E-state index contributed by atoms with van der Waals surface area (Å²) in [7, 11) is 1.53. The fraction of sp³-hybridized carbons (Fsp3) is 0.643. The van der Waals surface area contributed by atoms with E-state index < -0.39 is 5.97 Å². The molecule has 1 aromatic rings. The standard InChI is InChI=1S/C14H23N3O4/c1-5-8-9-15-14(19)17(4)12-11(13(18)20-7-3)10(6-2)16-21-12/h5-9H2,1-4H3,(H,15,19). The van der Waals surface area contributed by atoms with Crippen LogP contribution >= 0.6 is 0 Å². The van der Waals surface area contributed by atoms with Gasteiger partial charge in [-0.25, -0.2) is 9.59 Å². The predicted octanol–water partition coefficient (Wildman–Crippen LogP) is 2.36. The Morgan fingerprint density at radius 3 is 2.62 bits per heavy atom. The number of unbranched alkanes of at least 4 members (excludes halogenated alkanes) is 1. The normalized spacial score (nSPS) is 10.3. The van der Waals surface area contributed by atoms with E-state index in [2.05, 4.69) is 10.5 Å². The molecule has 0 aliphatic carbocycles. The smallest absolute Gasteiger partial charge is 0.345 e. The molecule has 118 valence electrons. The van der Waals surface area contributed by atoms with Crippen LogP contribution in [-0.2, 0) is 11.2 Å². The number of anilines is 1. The highest BCUT2D eigenvalue weighted by Gasteiger charge is 2.28. The molecule has 0 fully saturated rings. The highest BCUT2D eigenvalue weighted by molar-refractivity contribution is 6.00. The summed E-state index contributed by atoms with van der Waals surface area (Å²) in [6.45, 7) is 6.43. The quantitative estimate of drug-likeness (QED) is 0.617. The third kappa shape index (κ3) is 4.21. The first-order valence-corrected chi connectivity index (χ1v) is 7.23. The van der Waals surface area contributed by atoms with Gasteiger partial charge in [-0.3, -0.25) is 4.90 Å². The van der Waals surface area contributed by atoms with Gasteiger partial charge in [-0.15, -0.1) is 0 Å². The van der Waals surface area contributed by atoms with Gasteiger partial charge in [0.15, 0.2) is 0 Å². The minimum absolute atomic E-state index is 0.110. The highest BCUT2D eigenvalue weighted by atomic mass is 16.5. The van der Waals surface area contributed by atoms with Crippen molar-refractivity contribution in [1.29, 1.82) is 0 Å². The molecule has 0 atom stereocenters. The summed E-state index contributed by atoms with van der Waals surface area (Å²) in [5.41, 5.74) is 0.698. The Kier molecular flexibility index (Phi) is 6.71. The molecule has 7 nitrogen and oxygen atoms in total. The molecule has 0 aliphatic heterocycles. The fourth-order valence-electron chi connectivity index (χ4n) is 1.77. The van der Waals surface area contributed by atoms with Gasteiger partial charge in [-0.1, -0.05) is 25.4 Å². The number of amides is 2. The predicted molar refractivity (Wildman–Crippen MR) is 78.5 cm³/mol. The van der Waals surface area contributed by atoms with E-state index in [0.717, 1.165) is 12.8 Å². The highest BCUT2D eigenvalue weighted by Crippen LogP contribution is 2.24. The van der Waals surface area contributed by atoms with Crippen molar-refractivity contribution < 1.29 is 18.8 Å². The minimum Gasteiger partial charge on any atom is -0.462 e. The molecule has 1 rings (SSSR count). The van der Waals surface area contributed by atoms with Crippen molar-refractivity contribution in [3.63, 3.8) is 0 Å². The average molecular weight is 297 g/mol. The van der Waals surface area contributed by atoms with Gasteiger partial charge in [0.1, 0.15) is 11.3 Å². The molecule has 0 unspecified atom stereocenters. The van der Waals surface area contributed by atoms with E-state index in [9.17, 15) is 9.59 Å². The van der Waals surface area contributed by atoms with Crippen LogP contribution in [0.4, 0.5) is 10.7 Å². The molecule has 2 amide bonds. The van der Waals surface area contributed by atoms with E-state index >= 15 is 0 Å². The van der Waals surface area contributed by atoms with Gasteiger partial charge in [0.05, 0.1) is 6.61 Å². The molecule has 1 heterocycles. The first kappa shape index (κ1) is 17.0. The molecular formula is C14H23N3O4. The van der Waals surface area contributed by atoms with Gasteiger partial charge in [0, 0.05) is 13.6 Å². The first-order chi connectivity index (χ1) is 10.1. The average Bonchev–Trinajstić information content (AvgIpc) is 2.90. The lowest BCUT2D eigenvalue weighted by atomic mass is 10.2. The first-order valence-electron chi connectivity index (χ1n) is 7.23. The molecular weight excluding hydrogens is 274 g/mol. The summed E-state index contributed by atoms with van der Waals surface area (Å²) in [4.78, 5) is 25.3. The molecule has 0 aliphatic rings. The van der Waals surface area contributed by atoms with Crippen molar-refractivity contribution in [3.8, 4) is 0 Å². The number of hydrogen-bond acceptors (Lipinski definition) is 5. The van der Waals surface area contributed by atoms with Gasteiger partial charge in [0.25, 0.3) is 0 Å². The summed E-state index contributed by atoms with van der Waals surface area (Å²) < 4.78 is 10.2. The number of rotatable bonds is 7. The number of nitrogens with zero attached hydrogens (tertiary/aromatic N) is 2. The zero-order valence-corrected chi connectivity index (χ0v) is 13.1. The maximum atomic E-state index is 12.0. The van der Waals surface area contributed by atoms with Crippen molar-refractivity contribution in [1.82, 2.24) is 10.5 Å². The number of ether oxygens (including phenoxy) is 1. The topological polar surface area (TPSA) is 84.7 Å². The summed E-state index contributed by atoms with van der Waals surface area (Å²) >= 11 is 0. The number of urea groups is 1. The molecule has 0 saturated heterocycles. The molecule has 7 heteroatoms. The zero-order valence-electron chi connectivity index (χ0n) is 13.1.